The lowest BCUT2D eigenvalue weighted by atomic mass is 10.4. The van der Waals surface area contributed by atoms with Crippen LogP contribution in [0.2, 0.25) is 0 Å². The topological polar surface area (TPSA) is 80.4 Å². The van der Waals surface area contributed by atoms with E-state index in [2.05, 4.69) is 12.6 Å². The maximum atomic E-state index is 9.94. The van der Waals surface area contributed by atoms with Gasteiger partial charge in [-0.15, -0.1) is 25.0 Å². The second-order valence-electron chi connectivity index (χ2n) is 1.15. The number of nitrogens with two attached hydrogens (primary N) is 1. The molecule has 0 unspecified atom stereocenters. The number of carboxylic acid groups (broad SMARTS) is 1. The highest BCUT2D eigenvalue weighted by molar-refractivity contribution is 7.96. The third-order valence-electron chi connectivity index (χ3n) is 0.532. The number of carbonyl (C=O) groups is 2. The SMILES string of the molecule is Cl.N[C@H](C(=O)O)C(=O)S. The number of halogens is 1. The maximum Gasteiger partial charge on any atom is 0.329 e. The van der Waals surface area contributed by atoms with E-state index in [1.54, 1.807) is 0 Å². The van der Waals surface area contributed by atoms with E-state index in [0.29, 0.717) is 0 Å². The fourth-order valence-corrected chi connectivity index (χ4v) is 0.216. The lowest BCUT2D eigenvalue weighted by molar-refractivity contribution is -0.140. The van der Waals surface area contributed by atoms with Crippen LogP contribution in [-0.2, 0) is 9.59 Å². The van der Waals surface area contributed by atoms with Crippen LogP contribution in [0, 0.1) is 0 Å². The van der Waals surface area contributed by atoms with Crippen LogP contribution in [0.3, 0.4) is 0 Å². The second kappa shape index (κ2) is 4.60. The van der Waals surface area contributed by atoms with Gasteiger partial charge in [0.05, 0.1) is 0 Å². The molecule has 0 saturated heterocycles. The van der Waals surface area contributed by atoms with Gasteiger partial charge in [0.1, 0.15) is 0 Å². The molecule has 0 saturated carbocycles. The van der Waals surface area contributed by atoms with Crippen molar-refractivity contribution in [3.63, 3.8) is 0 Å². The molecule has 0 aliphatic heterocycles. The number of hydrogen-bond donors (Lipinski definition) is 3. The van der Waals surface area contributed by atoms with Gasteiger partial charge in [0, 0.05) is 0 Å². The van der Waals surface area contributed by atoms with Gasteiger partial charge in [-0.2, -0.15) is 0 Å². The van der Waals surface area contributed by atoms with Crippen molar-refractivity contribution in [1.82, 2.24) is 0 Å². The van der Waals surface area contributed by atoms with Crippen molar-refractivity contribution in [2.75, 3.05) is 0 Å². The molecule has 9 heavy (non-hydrogen) atoms. The van der Waals surface area contributed by atoms with Crippen LogP contribution in [0.15, 0.2) is 0 Å². The highest BCUT2D eigenvalue weighted by Gasteiger charge is 2.16. The monoisotopic (exact) mass is 171 g/mol. The number of carbonyl (C=O) groups excluding carboxylic acids is 1. The van der Waals surface area contributed by atoms with Crippen molar-refractivity contribution in [3.05, 3.63) is 0 Å². The van der Waals surface area contributed by atoms with Crippen LogP contribution in [0.25, 0.3) is 0 Å². The Morgan fingerprint density at radius 2 is 1.89 bits per heavy atom. The van der Waals surface area contributed by atoms with Gasteiger partial charge in [-0.3, -0.25) is 9.59 Å². The normalized spacial score (nSPS) is 11.3. The first-order chi connectivity index (χ1) is 3.55. The summed E-state index contributed by atoms with van der Waals surface area (Å²) in [6, 6.07) is -1.49. The first-order valence-electron chi connectivity index (χ1n) is 1.77. The van der Waals surface area contributed by atoms with Gasteiger partial charge in [0.2, 0.25) is 5.12 Å². The molecule has 4 nitrogen and oxygen atoms in total. The molecule has 0 aromatic carbocycles. The van der Waals surface area contributed by atoms with E-state index in [4.69, 9.17) is 10.8 Å². The van der Waals surface area contributed by atoms with Gasteiger partial charge >= 0.3 is 5.97 Å². The molecule has 1 atom stereocenters. The Bertz CT molecular complexity index is 114. The third kappa shape index (κ3) is 4.26. The molecule has 0 aromatic heterocycles. The first kappa shape index (κ1) is 11.5. The van der Waals surface area contributed by atoms with Crippen molar-refractivity contribution >= 4 is 36.1 Å². The van der Waals surface area contributed by atoms with E-state index in [9.17, 15) is 9.59 Å². The van der Waals surface area contributed by atoms with Crippen LogP contribution in [0.1, 0.15) is 0 Å². The summed E-state index contributed by atoms with van der Waals surface area (Å²) in [6.45, 7) is 0. The zero-order valence-electron chi connectivity index (χ0n) is 4.27. The molecule has 0 amide bonds. The quantitative estimate of drug-likeness (QED) is 0.378. The van der Waals surface area contributed by atoms with Gasteiger partial charge in [-0.25, -0.2) is 0 Å². The van der Waals surface area contributed by atoms with Crippen LogP contribution in [0.4, 0.5) is 0 Å². The van der Waals surface area contributed by atoms with Gasteiger partial charge in [0.15, 0.2) is 6.04 Å². The van der Waals surface area contributed by atoms with Crippen LogP contribution < -0.4 is 5.73 Å². The Hall–Kier alpha value is -0.260. The second-order valence-corrected chi connectivity index (χ2v) is 1.59. The average Bonchev–Trinajstić information content (AvgIpc) is 1.64. The van der Waals surface area contributed by atoms with Gasteiger partial charge in [-0.1, -0.05) is 0 Å². The van der Waals surface area contributed by atoms with Crippen molar-refractivity contribution in [1.29, 1.82) is 0 Å². The fourth-order valence-electron chi connectivity index (χ4n) is 0.106. The zero-order valence-corrected chi connectivity index (χ0v) is 5.98. The molecule has 54 valence electrons. The first-order valence-corrected chi connectivity index (χ1v) is 2.21. The Labute approximate surface area is 63.2 Å². The average molecular weight is 172 g/mol. The Morgan fingerprint density at radius 1 is 1.56 bits per heavy atom. The summed E-state index contributed by atoms with van der Waals surface area (Å²) >= 11 is 3.19. The lowest BCUT2D eigenvalue weighted by Gasteiger charge is -1.95. The molecular formula is C3H6ClNO3S. The molecule has 0 rings (SSSR count). The molecule has 0 aliphatic carbocycles. The summed E-state index contributed by atoms with van der Waals surface area (Å²) < 4.78 is 0. The maximum absolute atomic E-state index is 9.94. The summed E-state index contributed by atoms with van der Waals surface area (Å²) in [5, 5.41) is 7.12. The van der Waals surface area contributed by atoms with Crippen molar-refractivity contribution < 1.29 is 14.7 Å². The van der Waals surface area contributed by atoms with Crippen molar-refractivity contribution in [3.8, 4) is 0 Å². The summed E-state index contributed by atoms with van der Waals surface area (Å²) in [5.41, 5.74) is 4.73. The van der Waals surface area contributed by atoms with E-state index in [0.717, 1.165) is 0 Å². The number of carboxylic acids is 1. The number of thiol groups is 1. The number of hydrogen-bond acceptors (Lipinski definition) is 3. The molecule has 0 fully saturated rings. The minimum absolute atomic E-state index is 0. The molecule has 0 aliphatic rings. The van der Waals surface area contributed by atoms with E-state index in [-0.39, 0.29) is 12.4 Å². The van der Waals surface area contributed by atoms with E-state index in [1.165, 1.54) is 0 Å². The molecule has 0 spiro atoms. The summed E-state index contributed by atoms with van der Waals surface area (Å²) in [5.74, 6) is -1.36. The highest BCUT2D eigenvalue weighted by atomic mass is 35.5. The number of rotatable bonds is 2. The van der Waals surface area contributed by atoms with Gasteiger partial charge in [0.25, 0.3) is 0 Å². The molecule has 0 bridgehead atoms. The van der Waals surface area contributed by atoms with Crippen LogP contribution in [0.5, 0.6) is 0 Å². The molecule has 6 heteroatoms. The molecule has 3 N–H and O–H groups in total. The number of aliphatic carboxylic acids is 1. The Morgan fingerprint density at radius 3 is 1.89 bits per heavy atom. The fraction of sp³-hybridized carbons (Fsp3) is 0.333. The van der Waals surface area contributed by atoms with E-state index in [1.807, 2.05) is 0 Å². The molecular weight excluding hydrogens is 166 g/mol. The largest absolute Gasteiger partial charge is 0.480 e. The van der Waals surface area contributed by atoms with Crippen LogP contribution in [-0.4, -0.2) is 22.2 Å². The van der Waals surface area contributed by atoms with E-state index >= 15 is 0 Å². The Balaban J connectivity index is 0. The minimum Gasteiger partial charge on any atom is -0.480 e. The zero-order chi connectivity index (χ0) is 6.73. The van der Waals surface area contributed by atoms with Gasteiger partial charge in [-0.05, 0) is 0 Å². The predicted octanol–water partition coefficient (Wildman–Crippen LogP) is -0.724. The van der Waals surface area contributed by atoms with Crippen molar-refractivity contribution in [2.45, 2.75) is 6.04 Å². The molecule has 0 heterocycles. The summed E-state index contributed by atoms with van der Waals surface area (Å²) in [6.07, 6.45) is 0. The van der Waals surface area contributed by atoms with E-state index < -0.39 is 17.1 Å². The highest BCUT2D eigenvalue weighted by Crippen LogP contribution is 1.84. The standard InChI is InChI=1S/C3H5NO3S.ClH/c4-1(2(5)6)3(7)8;/h1H,4H2,(H,5,6)(H,7,8);1H/t1-;/m1./s1. The smallest absolute Gasteiger partial charge is 0.329 e. The minimum atomic E-state index is -1.49. The van der Waals surface area contributed by atoms with Crippen LogP contribution >= 0.6 is 25.0 Å². The lowest BCUT2D eigenvalue weighted by Crippen LogP contribution is -2.35. The predicted molar refractivity (Wildman–Crippen MR) is 36.9 cm³/mol. The summed E-state index contributed by atoms with van der Waals surface area (Å²) in [4.78, 5) is 19.7. The Kier molecular flexibility index (Phi) is 5.89. The summed E-state index contributed by atoms with van der Waals surface area (Å²) in [7, 11) is 0. The van der Waals surface area contributed by atoms with Crippen molar-refractivity contribution in [2.24, 2.45) is 5.73 Å². The molecule has 0 radical (unpaired) electrons. The van der Waals surface area contributed by atoms with Gasteiger partial charge < -0.3 is 10.8 Å². The molecule has 0 aromatic rings. The third-order valence-corrected chi connectivity index (χ3v) is 0.810.